The molecule has 1 unspecified atom stereocenters. The molecule has 0 aromatic carbocycles. The van der Waals surface area contributed by atoms with Crippen molar-refractivity contribution in [2.24, 2.45) is 0 Å². The number of nitriles is 1. The number of nitrogens with one attached hydrogen (secondary N) is 2. The highest BCUT2D eigenvalue weighted by atomic mass is 32.2. The first kappa shape index (κ1) is 13.2. The van der Waals surface area contributed by atoms with E-state index in [1.165, 1.54) is 24.5 Å². The lowest BCUT2D eigenvalue weighted by Gasteiger charge is -2.12. The summed E-state index contributed by atoms with van der Waals surface area (Å²) in [5, 5.41) is 15.2. The van der Waals surface area contributed by atoms with E-state index in [4.69, 9.17) is 5.26 Å². The van der Waals surface area contributed by atoms with Gasteiger partial charge in [-0.15, -0.1) is 0 Å². The molecule has 0 amide bonds. The molecule has 0 saturated heterocycles. The molecule has 2 aromatic heterocycles. The number of sulfonamides is 1. The molecule has 0 aliphatic heterocycles. The SMILES string of the molecule is CC(NS(=O)(=O)c1cccnc1C#N)c1cn[nH]c1. The Bertz CT molecular complexity index is 703. The maximum absolute atomic E-state index is 12.2. The lowest BCUT2D eigenvalue weighted by Crippen LogP contribution is -2.27. The van der Waals surface area contributed by atoms with E-state index in [9.17, 15) is 8.42 Å². The zero-order valence-electron chi connectivity index (χ0n) is 10.0. The van der Waals surface area contributed by atoms with Gasteiger partial charge in [0, 0.05) is 24.0 Å². The van der Waals surface area contributed by atoms with Gasteiger partial charge in [-0.25, -0.2) is 18.1 Å². The smallest absolute Gasteiger partial charge is 0.244 e. The largest absolute Gasteiger partial charge is 0.285 e. The van der Waals surface area contributed by atoms with Crippen molar-refractivity contribution in [1.29, 1.82) is 5.26 Å². The quantitative estimate of drug-likeness (QED) is 0.855. The zero-order valence-corrected chi connectivity index (χ0v) is 10.8. The van der Waals surface area contributed by atoms with Crippen molar-refractivity contribution in [2.45, 2.75) is 17.9 Å². The van der Waals surface area contributed by atoms with E-state index >= 15 is 0 Å². The van der Waals surface area contributed by atoms with Crippen LogP contribution >= 0.6 is 0 Å². The van der Waals surface area contributed by atoms with Crippen molar-refractivity contribution in [3.8, 4) is 6.07 Å². The number of rotatable bonds is 4. The van der Waals surface area contributed by atoms with Gasteiger partial charge in [0.05, 0.1) is 6.20 Å². The Morgan fingerprint density at radius 1 is 1.53 bits per heavy atom. The molecule has 0 bridgehead atoms. The molecule has 1 atom stereocenters. The first-order valence-electron chi connectivity index (χ1n) is 5.40. The van der Waals surface area contributed by atoms with Gasteiger partial charge >= 0.3 is 0 Å². The lowest BCUT2D eigenvalue weighted by atomic mass is 10.2. The Morgan fingerprint density at radius 2 is 2.32 bits per heavy atom. The Kier molecular flexibility index (Phi) is 3.59. The summed E-state index contributed by atoms with van der Waals surface area (Å²) in [6, 6.07) is 4.11. The number of hydrogen-bond donors (Lipinski definition) is 2. The molecule has 2 N–H and O–H groups in total. The minimum absolute atomic E-state index is 0.130. The van der Waals surface area contributed by atoms with Crippen molar-refractivity contribution >= 4 is 10.0 Å². The van der Waals surface area contributed by atoms with Gasteiger partial charge in [-0.05, 0) is 19.1 Å². The van der Waals surface area contributed by atoms with Gasteiger partial charge < -0.3 is 0 Å². The number of hydrogen-bond acceptors (Lipinski definition) is 5. The third-order valence-corrected chi connectivity index (χ3v) is 4.09. The summed E-state index contributed by atoms with van der Waals surface area (Å²) < 4.78 is 26.8. The van der Waals surface area contributed by atoms with Crippen LogP contribution in [0, 0.1) is 11.3 Å². The number of H-pyrrole nitrogens is 1. The van der Waals surface area contributed by atoms with Gasteiger partial charge in [-0.3, -0.25) is 5.10 Å². The molecule has 19 heavy (non-hydrogen) atoms. The van der Waals surface area contributed by atoms with Crippen LogP contribution in [0.2, 0.25) is 0 Å². The summed E-state index contributed by atoms with van der Waals surface area (Å²) in [6.45, 7) is 1.69. The van der Waals surface area contributed by atoms with Crippen molar-refractivity contribution in [3.63, 3.8) is 0 Å². The molecule has 8 heteroatoms. The summed E-state index contributed by atoms with van der Waals surface area (Å²) in [6.07, 6.45) is 4.50. The molecule has 2 heterocycles. The Balaban J connectivity index is 2.31. The predicted molar refractivity (Wildman–Crippen MR) is 66.3 cm³/mol. The highest BCUT2D eigenvalue weighted by Gasteiger charge is 2.22. The maximum Gasteiger partial charge on any atom is 0.244 e. The van der Waals surface area contributed by atoms with E-state index in [0.717, 1.165) is 0 Å². The minimum Gasteiger partial charge on any atom is -0.285 e. The first-order valence-corrected chi connectivity index (χ1v) is 6.89. The van der Waals surface area contributed by atoms with E-state index in [2.05, 4.69) is 19.9 Å². The van der Waals surface area contributed by atoms with Gasteiger partial charge in [0.25, 0.3) is 0 Å². The van der Waals surface area contributed by atoms with Gasteiger partial charge in [-0.1, -0.05) is 0 Å². The van der Waals surface area contributed by atoms with Gasteiger partial charge in [0.15, 0.2) is 5.69 Å². The molecule has 2 rings (SSSR count). The lowest BCUT2D eigenvalue weighted by molar-refractivity contribution is 0.566. The van der Waals surface area contributed by atoms with Gasteiger partial charge in [0.2, 0.25) is 10.0 Å². The maximum atomic E-state index is 12.2. The summed E-state index contributed by atoms with van der Waals surface area (Å²) >= 11 is 0. The van der Waals surface area contributed by atoms with E-state index in [0.29, 0.717) is 5.56 Å². The number of pyridine rings is 1. The standard InChI is InChI=1S/C11H11N5O2S/c1-8(9-6-14-15-7-9)16-19(17,18)11-3-2-4-13-10(11)5-12/h2-4,6-8,16H,1H3,(H,14,15). The molecule has 2 aromatic rings. The second-order valence-electron chi connectivity index (χ2n) is 3.84. The van der Waals surface area contributed by atoms with Crippen LogP contribution in [0.15, 0.2) is 35.6 Å². The van der Waals surface area contributed by atoms with Crippen LogP contribution in [-0.4, -0.2) is 23.6 Å². The Hall–Kier alpha value is -2.24. The molecular weight excluding hydrogens is 266 g/mol. The summed E-state index contributed by atoms with van der Waals surface area (Å²) in [5.41, 5.74) is 0.570. The summed E-state index contributed by atoms with van der Waals surface area (Å²) in [5.74, 6) is 0. The molecule has 0 aliphatic rings. The molecule has 7 nitrogen and oxygen atoms in total. The van der Waals surface area contributed by atoms with Crippen molar-refractivity contribution < 1.29 is 8.42 Å². The molecule has 0 spiro atoms. The molecule has 0 fully saturated rings. The monoisotopic (exact) mass is 277 g/mol. The van der Waals surface area contributed by atoms with Crippen LogP contribution in [0.25, 0.3) is 0 Å². The molecule has 98 valence electrons. The van der Waals surface area contributed by atoms with Crippen LogP contribution in [0.4, 0.5) is 0 Å². The van der Waals surface area contributed by atoms with Crippen molar-refractivity contribution in [3.05, 3.63) is 42.0 Å². The Morgan fingerprint density at radius 3 is 2.95 bits per heavy atom. The van der Waals surface area contributed by atoms with Crippen LogP contribution in [-0.2, 0) is 10.0 Å². The van der Waals surface area contributed by atoms with Crippen LogP contribution in [0.3, 0.4) is 0 Å². The fraction of sp³-hybridized carbons (Fsp3) is 0.182. The average molecular weight is 277 g/mol. The Labute approximate surface area is 110 Å². The number of aromatic amines is 1. The minimum atomic E-state index is -3.80. The second kappa shape index (κ2) is 5.17. The van der Waals surface area contributed by atoms with Crippen molar-refractivity contribution in [2.75, 3.05) is 0 Å². The average Bonchev–Trinajstić information content (AvgIpc) is 2.92. The van der Waals surface area contributed by atoms with Crippen LogP contribution in [0.1, 0.15) is 24.2 Å². The topological polar surface area (TPSA) is 112 Å². The molecule has 0 saturated carbocycles. The highest BCUT2D eigenvalue weighted by Crippen LogP contribution is 2.17. The highest BCUT2D eigenvalue weighted by molar-refractivity contribution is 7.89. The summed E-state index contributed by atoms with van der Waals surface area (Å²) in [4.78, 5) is 3.60. The first-order chi connectivity index (χ1) is 9.04. The zero-order chi connectivity index (χ0) is 13.9. The van der Waals surface area contributed by atoms with E-state index in [-0.39, 0.29) is 10.6 Å². The second-order valence-corrected chi connectivity index (χ2v) is 5.52. The fourth-order valence-corrected chi connectivity index (χ4v) is 2.89. The van der Waals surface area contributed by atoms with E-state index in [1.54, 1.807) is 19.2 Å². The molecule has 0 aliphatic carbocycles. The number of aromatic nitrogens is 3. The van der Waals surface area contributed by atoms with Crippen LogP contribution < -0.4 is 4.72 Å². The third-order valence-electron chi connectivity index (χ3n) is 2.52. The predicted octanol–water partition coefficient (Wildman–Crippen LogP) is 0.716. The third kappa shape index (κ3) is 2.78. The molecule has 0 radical (unpaired) electrons. The van der Waals surface area contributed by atoms with Gasteiger partial charge in [0.1, 0.15) is 11.0 Å². The van der Waals surface area contributed by atoms with E-state index < -0.39 is 16.1 Å². The summed E-state index contributed by atoms with van der Waals surface area (Å²) in [7, 11) is -3.80. The number of nitrogens with zero attached hydrogens (tertiary/aromatic N) is 3. The van der Waals surface area contributed by atoms with E-state index in [1.807, 2.05) is 0 Å². The van der Waals surface area contributed by atoms with Crippen LogP contribution in [0.5, 0.6) is 0 Å². The van der Waals surface area contributed by atoms with Crippen molar-refractivity contribution in [1.82, 2.24) is 19.9 Å². The molecular formula is C11H11N5O2S. The fourth-order valence-electron chi connectivity index (χ4n) is 1.55. The van der Waals surface area contributed by atoms with Gasteiger partial charge in [-0.2, -0.15) is 10.4 Å². The normalized spacial score (nSPS) is 12.8.